The number of nitrogens with two attached hydrogens (primary N) is 1. The summed E-state index contributed by atoms with van der Waals surface area (Å²) in [5.41, 5.74) is 8.71. The summed E-state index contributed by atoms with van der Waals surface area (Å²) in [5.74, 6) is -0.398. The molecule has 0 saturated heterocycles. The summed E-state index contributed by atoms with van der Waals surface area (Å²) in [4.78, 5) is 13.7. The maximum Gasteiger partial charge on any atom is 0.340 e. The van der Waals surface area contributed by atoms with E-state index in [1.54, 1.807) is 29.1 Å². The number of carbonyl (C=O) groups is 1. The number of benzene rings is 1. The van der Waals surface area contributed by atoms with Gasteiger partial charge in [0.05, 0.1) is 30.2 Å². The molecule has 0 atom stereocenters. The van der Waals surface area contributed by atoms with Crippen molar-refractivity contribution >= 4 is 17.3 Å². The minimum atomic E-state index is -0.398. The number of hydrogen-bond donors (Lipinski definition) is 1. The van der Waals surface area contributed by atoms with Gasteiger partial charge in [0.1, 0.15) is 0 Å². The lowest BCUT2D eigenvalue weighted by molar-refractivity contribution is 0.0601. The van der Waals surface area contributed by atoms with Crippen LogP contribution in [0.3, 0.4) is 0 Å². The monoisotopic (exact) mass is 274 g/mol. The molecule has 6 heteroatoms. The highest BCUT2D eigenvalue weighted by molar-refractivity contribution is 5.99. The Labute approximate surface area is 117 Å². The molecule has 0 unspecified atom stereocenters. The minimum absolute atomic E-state index is 0.398. The molecule has 1 heterocycles. The lowest BCUT2D eigenvalue weighted by Gasteiger charge is -2.22. The second kappa shape index (κ2) is 5.64. The number of carbonyl (C=O) groups excluding carboxylic acids is 1. The van der Waals surface area contributed by atoms with Crippen molar-refractivity contribution in [1.29, 1.82) is 0 Å². The molecule has 0 bridgehead atoms. The van der Waals surface area contributed by atoms with E-state index >= 15 is 0 Å². The Morgan fingerprint density at radius 2 is 2.25 bits per heavy atom. The van der Waals surface area contributed by atoms with E-state index in [1.807, 2.05) is 25.2 Å². The van der Waals surface area contributed by atoms with Crippen LogP contribution in [0.1, 0.15) is 15.9 Å². The van der Waals surface area contributed by atoms with Crippen molar-refractivity contribution in [2.45, 2.75) is 6.54 Å². The first-order chi connectivity index (χ1) is 9.52. The molecule has 0 fully saturated rings. The van der Waals surface area contributed by atoms with Crippen molar-refractivity contribution in [3.8, 4) is 0 Å². The predicted molar refractivity (Wildman–Crippen MR) is 77.5 cm³/mol. The van der Waals surface area contributed by atoms with Gasteiger partial charge in [-0.3, -0.25) is 4.68 Å². The molecule has 2 rings (SSSR count). The molecule has 2 N–H and O–H groups in total. The van der Waals surface area contributed by atoms with Crippen molar-refractivity contribution < 1.29 is 9.53 Å². The first kappa shape index (κ1) is 13.9. The lowest BCUT2D eigenvalue weighted by atomic mass is 10.1. The second-order valence-corrected chi connectivity index (χ2v) is 4.61. The maximum atomic E-state index is 11.8. The van der Waals surface area contributed by atoms with Gasteiger partial charge < -0.3 is 15.4 Å². The predicted octanol–water partition coefficient (Wildman–Crippen LogP) is 1.43. The molecule has 0 saturated carbocycles. The summed E-state index contributed by atoms with van der Waals surface area (Å²) >= 11 is 0. The Kier molecular flexibility index (Phi) is 3.93. The van der Waals surface area contributed by atoms with Crippen LogP contribution in [0, 0.1) is 0 Å². The number of aromatic nitrogens is 2. The highest BCUT2D eigenvalue weighted by atomic mass is 16.5. The first-order valence-corrected chi connectivity index (χ1v) is 6.18. The van der Waals surface area contributed by atoms with Gasteiger partial charge in [-0.05, 0) is 12.1 Å². The largest absolute Gasteiger partial charge is 0.465 e. The SMILES string of the molecule is COC(=O)c1cccc(N)c1N(C)Cc1cnn(C)c1. The number of anilines is 2. The van der Waals surface area contributed by atoms with Crippen LogP contribution in [0.15, 0.2) is 30.6 Å². The van der Waals surface area contributed by atoms with Gasteiger partial charge in [0, 0.05) is 32.4 Å². The van der Waals surface area contributed by atoms with Crippen molar-refractivity contribution in [2.75, 3.05) is 24.8 Å². The number of para-hydroxylation sites is 1. The van der Waals surface area contributed by atoms with E-state index in [2.05, 4.69) is 5.10 Å². The number of hydrogen-bond acceptors (Lipinski definition) is 5. The van der Waals surface area contributed by atoms with E-state index < -0.39 is 5.97 Å². The molecule has 0 amide bonds. The molecule has 0 radical (unpaired) electrons. The molecule has 0 aliphatic carbocycles. The van der Waals surface area contributed by atoms with Gasteiger partial charge in [0.2, 0.25) is 0 Å². The summed E-state index contributed by atoms with van der Waals surface area (Å²) in [6.45, 7) is 0.603. The highest BCUT2D eigenvalue weighted by Crippen LogP contribution is 2.28. The summed E-state index contributed by atoms with van der Waals surface area (Å²) in [6, 6.07) is 5.21. The molecule has 106 valence electrons. The molecule has 0 spiro atoms. The van der Waals surface area contributed by atoms with Gasteiger partial charge in [-0.1, -0.05) is 6.07 Å². The quantitative estimate of drug-likeness (QED) is 0.674. The van der Waals surface area contributed by atoms with E-state index in [1.165, 1.54) is 7.11 Å². The number of esters is 1. The summed E-state index contributed by atoms with van der Waals surface area (Å²) < 4.78 is 6.53. The topological polar surface area (TPSA) is 73.4 Å². The number of nitrogen functional groups attached to an aromatic ring is 1. The zero-order valence-electron chi connectivity index (χ0n) is 11.8. The molecular formula is C14H18N4O2. The Bertz CT molecular complexity index is 621. The molecule has 2 aromatic rings. The van der Waals surface area contributed by atoms with Gasteiger partial charge in [0.25, 0.3) is 0 Å². The fourth-order valence-corrected chi connectivity index (χ4v) is 2.17. The average molecular weight is 274 g/mol. The third kappa shape index (κ3) is 2.74. The van der Waals surface area contributed by atoms with Gasteiger partial charge in [-0.25, -0.2) is 4.79 Å². The van der Waals surface area contributed by atoms with E-state index in [-0.39, 0.29) is 0 Å². The smallest absolute Gasteiger partial charge is 0.340 e. The fraction of sp³-hybridized carbons (Fsp3) is 0.286. The van der Waals surface area contributed by atoms with E-state index in [0.29, 0.717) is 23.5 Å². The number of aryl methyl sites for hydroxylation is 1. The normalized spacial score (nSPS) is 10.3. The molecule has 1 aromatic heterocycles. The third-order valence-electron chi connectivity index (χ3n) is 3.03. The van der Waals surface area contributed by atoms with Gasteiger partial charge in [-0.2, -0.15) is 5.10 Å². The van der Waals surface area contributed by atoms with Crippen LogP contribution in [0.25, 0.3) is 0 Å². The Balaban J connectivity index is 2.33. The molecule has 20 heavy (non-hydrogen) atoms. The van der Waals surface area contributed by atoms with Crippen LogP contribution in [0.5, 0.6) is 0 Å². The van der Waals surface area contributed by atoms with E-state index in [9.17, 15) is 4.79 Å². The Morgan fingerprint density at radius 1 is 1.50 bits per heavy atom. The highest BCUT2D eigenvalue weighted by Gasteiger charge is 2.17. The van der Waals surface area contributed by atoms with Crippen LogP contribution >= 0.6 is 0 Å². The number of rotatable bonds is 4. The second-order valence-electron chi connectivity index (χ2n) is 4.61. The summed E-state index contributed by atoms with van der Waals surface area (Å²) in [6.07, 6.45) is 3.71. The zero-order chi connectivity index (χ0) is 14.7. The average Bonchev–Trinajstić information content (AvgIpc) is 2.82. The van der Waals surface area contributed by atoms with Crippen molar-refractivity contribution in [3.05, 3.63) is 41.7 Å². The molecule has 0 aliphatic heterocycles. The van der Waals surface area contributed by atoms with Gasteiger partial charge >= 0.3 is 5.97 Å². The Hall–Kier alpha value is -2.50. The zero-order valence-corrected chi connectivity index (χ0v) is 11.8. The van der Waals surface area contributed by atoms with Crippen LogP contribution in [-0.2, 0) is 18.3 Å². The van der Waals surface area contributed by atoms with Gasteiger partial charge in [-0.15, -0.1) is 0 Å². The summed E-state index contributed by atoms with van der Waals surface area (Å²) in [5, 5.41) is 4.13. The van der Waals surface area contributed by atoms with Crippen LogP contribution in [0.2, 0.25) is 0 Å². The lowest BCUT2D eigenvalue weighted by Crippen LogP contribution is -2.21. The maximum absolute atomic E-state index is 11.8. The summed E-state index contributed by atoms with van der Waals surface area (Å²) in [7, 11) is 5.10. The van der Waals surface area contributed by atoms with Crippen LogP contribution in [0.4, 0.5) is 11.4 Å². The first-order valence-electron chi connectivity index (χ1n) is 6.18. The standard InChI is InChI=1S/C14H18N4O2/c1-17(8-10-7-16-18(2)9-10)13-11(14(19)20-3)5-4-6-12(13)15/h4-7,9H,8,15H2,1-3H3. The number of methoxy groups -OCH3 is 1. The number of nitrogens with zero attached hydrogens (tertiary/aromatic N) is 3. The Morgan fingerprint density at radius 3 is 2.85 bits per heavy atom. The van der Waals surface area contributed by atoms with E-state index in [0.717, 1.165) is 5.56 Å². The molecular weight excluding hydrogens is 256 g/mol. The van der Waals surface area contributed by atoms with Crippen molar-refractivity contribution in [3.63, 3.8) is 0 Å². The van der Waals surface area contributed by atoms with Gasteiger partial charge in [0.15, 0.2) is 0 Å². The molecule has 0 aliphatic rings. The van der Waals surface area contributed by atoms with Crippen molar-refractivity contribution in [1.82, 2.24) is 9.78 Å². The van der Waals surface area contributed by atoms with Crippen LogP contribution in [-0.4, -0.2) is 29.9 Å². The number of ether oxygens (including phenoxy) is 1. The van der Waals surface area contributed by atoms with Crippen LogP contribution < -0.4 is 10.6 Å². The molecule has 1 aromatic carbocycles. The van der Waals surface area contributed by atoms with Crippen molar-refractivity contribution in [2.24, 2.45) is 7.05 Å². The fourth-order valence-electron chi connectivity index (χ4n) is 2.17. The third-order valence-corrected chi connectivity index (χ3v) is 3.03. The minimum Gasteiger partial charge on any atom is -0.465 e. The molecule has 6 nitrogen and oxygen atoms in total. The van der Waals surface area contributed by atoms with E-state index in [4.69, 9.17) is 10.5 Å².